The molecule has 0 N–H and O–H groups in total. The number of hydrogen-bond acceptors (Lipinski definition) is 3. The first-order chi connectivity index (χ1) is 7.65. The first-order valence-electron chi connectivity index (χ1n) is 5.49. The van der Waals surface area contributed by atoms with E-state index in [1.165, 1.54) is 5.56 Å². The summed E-state index contributed by atoms with van der Waals surface area (Å²) >= 11 is 0. The standard InChI is InChI=1S/C13H18O3/c1-4-15-13(14)8-9-16-12-7-5-6-10(2)11(12)3/h5-7H,4,8-9H2,1-3H3. The maximum absolute atomic E-state index is 11.1. The van der Waals surface area contributed by atoms with Crippen molar-refractivity contribution in [2.75, 3.05) is 13.2 Å². The molecule has 0 aliphatic carbocycles. The summed E-state index contributed by atoms with van der Waals surface area (Å²) in [4.78, 5) is 11.1. The highest BCUT2D eigenvalue weighted by Crippen LogP contribution is 2.20. The molecule has 0 spiro atoms. The molecule has 16 heavy (non-hydrogen) atoms. The van der Waals surface area contributed by atoms with E-state index in [0.717, 1.165) is 11.3 Å². The van der Waals surface area contributed by atoms with Gasteiger partial charge < -0.3 is 9.47 Å². The number of hydrogen-bond donors (Lipinski definition) is 0. The van der Waals surface area contributed by atoms with Gasteiger partial charge in [-0.1, -0.05) is 12.1 Å². The Balaban J connectivity index is 2.43. The Labute approximate surface area is 96.4 Å². The van der Waals surface area contributed by atoms with E-state index in [1.54, 1.807) is 6.92 Å². The molecule has 0 fully saturated rings. The zero-order chi connectivity index (χ0) is 12.0. The van der Waals surface area contributed by atoms with Crippen molar-refractivity contribution < 1.29 is 14.3 Å². The number of rotatable bonds is 5. The van der Waals surface area contributed by atoms with Crippen LogP contribution in [0.3, 0.4) is 0 Å². The second-order valence-corrected chi connectivity index (χ2v) is 3.60. The van der Waals surface area contributed by atoms with Gasteiger partial charge in [0.1, 0.15) is 5.75 Å². The third kappa shape index (κ3) is 3.57. The minimum Gasteiger partial charge on any atom is -0.493 e. The van der Waals surface area contributed by atoms with Crippen LogP contribution in [0.2, 0.25) is 0 Å². The number of carbonyl (C=O) groups is 1. The Morgan fingerprint density at radius 1 is 1.31 bits per heavy atom. The van der Waals surface area contributed by atoms with Crippen molar-refractivity contribution in [1.82, 2.24) is 0 Å². The van der Waals surface area contributed by atoms with Gasteiger partial charge in [-0.2, -0.15) is 0 Å². The highest BCUT2D eigenvalue weighted by molar-refractivity contribution is 5.69. The normalized spacial score (nSPS) is 9.94. The minimum absolute atomic E-state index is 0.215. The van der Waals surface area contributed by atoms with E-state index in [-0.39, 0.29) is 5.97 Å². The number of esters is 1. The van der Waals surface area contributed by atoms with Crippen LogP contribution in [-0.2, 0) is 9.53 Å². The molecule has 0 unspecified atom stereocenters. The number of carbonyl (C=O) groups excluding carboxylic acids is 1. The highest BCUT2D eigenvalue weighted by Gasteiger charge is 2.04. The molecule has 3 nitrogen and oxygen atoms in total. The van der Waals surface area contributed by atoms with Gasteiger partial charge >= 0.3 is 5.97 Å². The molecule has 0 saturated heterocycles. The predicted molar refractivity (Wildman–Crippen MR) is 62.7 cm³/mol. The molecule has 0 radical (unpaired) electrons. The number of benzene rings is 1. The molecule has 0 heterocycles. The van der Waals surface area contributed by atoms with Crippen molar-refractivity contribution in [3.63, 3.8) is 0 Å². The molecule has 0 aromatic heterocycles. The van der Waals surface area contributed by atoms with E-state index in [2.05, 4.69) is 0 Å². The molecule has 1 aromatic carbocycles. The van der Waals surface area contributed by atoms with E-state index in [0.29, 0.717) is 19.6 Å². The molecule has 3 heteroatoms. The summed E-state index contributed by atoms with van der Waals surface area (Å²) < 4.78 is 10.3. The molecule has 0 saturated carbocycles. The topological polar surface area (TPSA) is 35.5 Å². The summed E-state index contributed by atoms with van der Waals surface area (Å²) in [5.41, 5.74) is 2.31. The fourth-order valence-electron chi connectivity index (χ4n) is 1.36. The van der Waals surface area contributed by atoms with Gasteiger partial charge in [0, 0.05) is 0 Å². The Hall–Kier alpha value is -1.51. The van der Waals surface area contributed by atoms with Crippen molar-refractivity contribution in [1.29, 1.82) is 0 Å². The average molecular weight is 222 g/mol. The van der Waals surface area contributed by atoms with Crippen molar-refractivity contribution in [2.45, 2.75) is 27.2 Å². The quantitative estimate of drug-likeness (QED) is 0.718. The summed E-state index contributed by atoms with van der Waals surface area (Å²) in [7, 11) is 0. The zero-order valence-corrected chi connectivity index (χ0v) is 10.1. The van der Waals surface area contributed by atoms with Gasteiger partial charge in [-0.3, -0.25) is 4.79 Å². The largest absolute Gasteiger partial charge is 0.493 e. The van der Waals surface area contributed by atoms with Crippen LogP contribution < -0.4 is 4.74 Å². The third-order valence-corrected chi connectivity index (χ3v) is 2.42. The third-order valence-electron chi connectivity index (χ3n) is 2.42. The summed E-state index contributed by atoms with van der Waals surface area (Å²) in [6, 6.07) is 5.89. The van der Waals surface area contributed by atoms with Crippen LogP contribution in [0.5, 0.6) is 5.75 Å². The Morgan fingerprint density at radius 2 is 2.06 bits per heavy atom. The molecule has 0 amide bonds. The van der Waals surface area contributed by atoms with E-state index < -0.39 is 0 Å². The second kappa shape index (κ2) is 6.16. The maximum Gasteiger partial charge on any atom is 0.309 e. The molecule has 0 atom stereocenters. The summed E-state index contributed by atoms with van der Waals surface area (Å²) in [5.74, 6) is 0.622. The lowest BCUT2D eigenvalue weighted by Crippen LogP contribution is -2.10. The number of ether oxygens (including phenoxy) is 2. The lowest BCUT2D eigenvalue weighted by molar-refractivity contribution is -0.143. The van der Waals surface area contributed by atoms with Crippen molar-refractivity contribution in [3.8, 4) is 5.75 Å². The van der Waals surface area contributed by atoms with E-state index >= 15 is 0 Å². The van der Waals surface area contributed by atoms with E-state index in [4.69, 9.17) is 9.47 Å². The van der Waals surface area contributed by atoms with Crippen LogP contribution in [0.15, 0.2) is 18.2 Å². The fourth-order valence-corrected chi connectivity index (χ4v) is 1.36. The van der Waals surface area contributed by atoms with Gasteiger partial charge in [0.15, 0.2) is 0 Å². The Kier molecular flexibility index (Phi) is 4.83. The monoisotopic (exact) mass is 222 g/mol. The molecule has 0 aliphatic heterocycles. The predicted octanol–water partition coefficient (Wildman–Crippen LogP) is 2.64. The molecule has 1 rings (SSSR count). The second-order valence-electron chi connectivity index (χ2n) is 3.60. The van der Waals surface area contributed by atoms with Gasteiger partial charge in [0.2, 0.25) is 0 Å². The van der Waals surface area contributed by atoms with Gasteiger partial charge in [0.25, 0.3) is 0 Å². The molecule has 0 bridgehead atoms. The lowest BCUT2D eigenvalue weighted by Gasteiger charge is -2.10. The average Bonchev–Trinajstić information content (AvgIpc) is 2.25. The van der Waals surface area contributed by atoms with Crippen LogP contribution in [0.1, 0.15) is 24.5 Å². The lowest BCUT2D eigenvalue weighted by atomic mass is 10.1. The first-order valence-corrected chi connectivity index (χ1v) is 5.49. The summed E-state index contributed by atoms with van der Waals surface area (Å²) in [6.07, 6.45) is 0.293. The SMILES string of the molecule is CCOC(=O)CCOc1cccc(C)c1C. The van der Waals surface area contributed by atoms with Crippen LogP contribution >= 0.6 is 0 Å². The Morgan fingerprint density at radius 3 is 2.75 bits per heavy atom. The van der Waals surface area contributed by atoms with Gasteiger partial charge in [-0.05, 0) is 38.0 Å². The summed E-state index contributed by atoms with van der Waals surface area (Å²) in [6.45, 7) is 6.62. The van der Waals surface area contributed by atoms with Crippen molar-refractivity contribution in [2.24, 2.45) is 0 Å². The smallest absolute Gasteiger partial charge is 0.309 e. The zero-order valence-electron chi connectivity index (χ0n) is 10.1. The highest BCUT2D eigenvalue weighted by atomic mass is 16.5. The van der Waals surface area contributed by atoms with E-state index in [9.17, 15) is 4.79 Å². The van der Waals surface area contributed by atoms with Crippen LogP contribution in [-0.4, -0.2) is 19.2 Å². The van der Waals surface area contributed by atoms with Crippen LogP contribution in [0.4, 0.5) is 0 Å². The molecule has 0 aliphatic rings. The number of aryl methyl sites for hydroxylation is 1. The Bertz CT molecular complexity index is 358. The van der Waals surface area contributed by atoms with Gasteiger partial charge in [-0.25, -0.2) is 0 Å². The van der Waals surface area contributed by atoms with Crippen LogP contribution in [0.25, 0.3) is 0 Å². The molecular weight excluding hydrogens is 204 g/mol. The first kappa shape index (κ1) is 12.6. The van der Waals surface area contributed by atoms with Crippen molar-refractivity contribution >= 4 is 5.97 Å². The minimum atomic E-state index is -0.215. The maximum atomic E-state index is 11.1. The van der Waals surface area contributed by atoms with Gasteiger partial charge in [0.05, 0.1) is 19.6 Å². The fraction of sp³-hybridized carbons (Fsp3) is 0.462. The van der Waals surface area contributed by atoms with Gasteiger partial charge in [-0.15, -0.1) is 0 Å². The van der Waals surface area contributed by atoms with E-state index in [1.807, 2.05) is 32.0 Å². The summed E-state index contributed by atoms with van der Waals surface area (Å²) in [5, 5.41) is 0. The molecular formula is C13H18O3. The molecule has 88 valence electrons. The van der Waals surface area contributed by atoms with Crippen molar-refractivity contribution in [3.05, 3.63) is 29.3 Å². The van der Waals surface area contributed by atoms with Crippen LogP contribution in [0, 0.1) is 13.8 Å². The molecule has 1 aromatic rings.